The van der Waals surface area contributed by atoms with Gasteiger partial charge in [0.2, 0.25) is 5.91 Å². The van der Waals surface area contributed by atoms with E-state index in [-0.39, 0.29) is 41.8 Å². The lowest BCUT2D eigenvalue weighted by atomic mass is 10.2. The fourth-order valence-electron chi connectivity index (χ4n) is 2.87. The van der Waals surface area contributed by atoms with Crippen LogP contribution in [0.4, 0.5) is 0 Å². The van der Waals surface area contributed by atoms with Crippen LogP contribution in [0.5, 0.6) is 0 Å². The number of amides is 1. The first-order valence-electron chi connectivity index (χ1n) is 8.74. The van der Waals surface area contributed by atoms with Crippen LogP contribution in [-0.4, -0.2) is 59.3 Å². The summed E-state index contributed by atoms with van der Waals surface area (Å²) < 4.78 is 1.96. The molecular formula is C17H31IN6O. The number of aromatic nitrogens is 2. The second-order valence-corrected chi connectivity index (χ2v) is 6.70. The number of rotatable bonds is 6. The molecule has 0 saturated carbocycles. The Balaban J connectivity index is 0.00000312. The number of hydrogen-bond acceptors (Lipinski definition) is 3. The zero-order valence-corrected chi connectivity index (χ0v) is 18.0. The number of carbonyl (C=O) groups is 1. The Labute approximate surface area is 167 Å². The van der Waals surface area contributed by atoms with Gasteiger partial charge in [-0.3, -0.25) is 14.5 Å². The Hall–Kier alpha value is -1.32. The molecule has 0 bridgehead atoms. The molecule has 25 heavy (non-hydrogen) atoms. The number of carbonyl (C=O) groups excluding carboxylic acids is 1. The van der Waals surface area contributed by atoms with Gasteiger partial charge in [0.05, 0.1) is 6.20 Å². The Morgan fingerprint density at radius 1 is 1.48 bits per heavy atom. The number of aliphatic imine (C=N–C) groups is 1. The average molecular weight is 462 g/mol. The molecule has 2 heterocycles. The highest BCUT2D eigenvalue weighted by Gasteiger charge is 2.27. The highest BCUT2D eigenvalue weighted by Crippen LogP contribution is 2.12. The summed E-state index contributed by atoms with van der Waals surface area (Å²) in [5.74, 6) is 1.10. The SMILES string of the molecule is CN=C(NCCCn1cc(C)cn1)NC1CCN(C(=O)C(C)C)C1.I. The summed E-state index contributed by atoms with van der Waals surface area (Å²) in [6.07, 6.45) is 5.86. The van der Waals surface area contributed by atoms with Gasteiger partial charge in [-0.05, 0) is 25.3 Å². The highest BCUT2D eigenvalue weighted by atomic mass is 127. The van der Waals surface area contributed by atoms with Crippen LogP contribution in [0.25, 0.3) is 0 Å². The van der Waals surface area contributed by atoms with Crippen LogP contribution >= 0.6 is 24.0 Å². The van der Waals surface area contributed by atoms with Gasteiger partial charge in [0, 0.05) is 51.4 Å². The number of hydrogen-bond donors (Lipinski definition) is 2. The monoisotopic (exact) mass is 462 g/mol. The molecule has 2 N–H and O–H groups in total. The first-order chi connectivity index (χ1) is 11.5. The zero-order valence-electron chi connectivity index (χ0n) is 15.7. The van der Waals surface area contributed by atoms with Crippen LogP contribution in [0.15, 0.2) is 17.4 Å². The molecule has 1 aromatic rings. The molecule has 7 nitrogen and oxygen atoms in total. The zero-order chi connectivity index (χ0) is 17.5. The van der Waals surface area contributed by atoms with Crippen molar-refractivity contribution in [1.82, 2.24) is 25.3 Å². The molecule has 1 aromatic heterocycles. The number of halogens is 1. The maximum absolute atomic E-state index is 12.0. The normalized spacial score (nSPS) is 17.6. The van der Waals surface area contributed by atoms with Crippen molar-refractivity contribution < 1.29 is 4.79 Å². The van der Waals surface area contributed by atoms with E-state index in [1.54, 1.807) is 7.05 Å². The molecule has 2 rings (SSSR count). The van der Waals surface area contributed by atoms with E-state index in [1.165, 1.54) is 5.56 Å². The molecule has 1 fully saturated rings. The van der Waals surface area contributed by atoms with Crippen molar-refractivity contribution in [2.45, 2.75) is 46.2 Å². The molecule has 0 aromatic carbocycles. The highest BCUT2D eigenvalue weighted by molar-refractivity contribution is 14.0. The first-order valence-corrected chi connectivity index (χ1v) is 8.74. The fraction of sp³-hybridized carbons (Fsp3) is 0.706. The van der Waals surface area contributed by atoms with Crippen LogP contribution in [-0.2, 0) is 11.3 Å². The summed E-state index contributed by atoms with van der Waals surface area (Å²) in [4.78, 5) is 18.3. The van der Waals surface area contributed by atoms with E-state index in [4.69, 9.17) is 0 Å². The molecule has 8 heteroatoms. The van der Waals surface area contributed by atoms with Crippen molar-refractivity contribution in [3.8, 4) is 0 Å². The third-order valence-corrected chi connectivity index (χ3v) is 4.18. The van der Waals surface area contributed by atoms with Crippen LogP contribution < -0.4 is 10.6 Å². The standard InChI is InChI=1S/C17H30N6O.HI/c1-13(2)16(24)22-9-6-15(12-22)21-17(18-4)19-7-5-8-23-11-14(3)10-20-23;/h10-11,13,15H,5-9,12H2,1-4H3,(H2,18,19,21);1H. The molecule has 1 aliphatic heterocycles. The predicted octanol–water partition coefficient (Wildman–Crippen LogP) is 1.62. The van der Waals surface area contributed by atoms with Gasteiger partial charge in [-0.15, -0.1) is 24.0 Å². The number of guanidine groups is 1. The van der Waals surface area contributed by atoms with E-state index in [9.17, 15) is 4.79 Å². The second kappa shape index (κ2) is 10.6. The van der Waals surface area contributed by atoms with E-state index in [0.717, 1.165) is 45.0 Å². The van der Waals surface area contributed by atoms with Gasteiger partial charge >= 0.3 is 0 Å². The lowest BCUT2D eigenvalue weighted by Crippen LogP contribution is -2.45. The topological polar surface area (TPSA) is 74.6 Å². The van der Waals surface area contributed by atoms with E-state index in [1.807, 2.05) is 42.7 Å². The number of likely N-dealkylation sites (tertiary alicyclic amines) is 1. The van der Waals surface area contributed by atoms with Crippen molar-refractivity contribution in [2.24, 2.45) is 10.9 Å². The van der Waals surface area contributed by atoms with E-state index < -0.39 is 0 Å². The van der Waals surface area contributed by atoms with Crippen molar-refractivity contribution in [2.75, 3.05) is 26.7 Å². The third-order valence-electron chi connectivity index (χ3n) is 4.18. The summed E-state index contributed by atoms with van der Waals surface area (Å²) in [5, 5.41) is 11.0. The van der Waals surface area contributed by atoms with Gasteiger partial charge in [0.1, 0.15) is 0 Å². The number of aryl methyl sites for hydroxylation is 2. The van der Waals surface area contributed by atoms with Crippen molar-refractivity contribution in [1.29, 1.82) is 0 Å². The predicted molar refractivity (Wildman–Crippen MR) is 111 cm³/mol. The third kappa shape index (κ3) is 6.83. The quantitative estimate of drug-likeness (QED) is 0.292. The van der Waals surface area contributed by atoms with Crippen molar-refractivity contribution >= 4 is 35.8 Å². The van der Waals surface area contributed by atoms with Crippen LogP contribution in [0.2, 0.25) is 0 Å². The molecule has 1 amide bonds. The van der Waals surface area contributed by atoms with Gasteiger partial charge in [-0.2, -0.15) is 5.10 Å². The lowest BCUT2D eigenvalue weighted by Gasteiger charge is -2.20. The molecule has 0 spiro atoms. The first kappa shape index (κ1) is 21.7. The van der Waals surface area contributed by atoms with Crippen molar-refractivity contribution in [3.63, 3.8) is 0 Å². The Kier molecular flexibility index (Phi) is 9.23. The summed E-state index contributed by atoms with van der Waals surface area (Å²) in [5.41, 5.74) is 1.18. The fourth-order valence-corrected chi connectivity index (χ4v) is 2.87. The molecule has 1 aliphatic rings. The number of nitrogens with one attached hydrogen (secondary N) is 2. The summed E-state index contributed by atoms with van der Waals surface area (Å²) in [7, 11) is 1.78. The van der Waals surface area contributed by atoms with E-state index in [2.05, 4.69) is 20.7 Å². The van der Waals surface area contributed by atoms with Crippen LogP contribution in [0.1, 0.15) is 32.3 Å². The van der Waals surface area contributed by atoms with E-state index in [0.29, 0.717) is 0 Å². The Morgan fingerprint density at radius 2 is 2.24 bits per heavy atom. The van der Waals surface area contributed by atoms with Gasteiger partial charge in [0.25, 0.3) is 0 Å². The molecule has 1 unspecified atom stereocenters. The molecule has 0 aliphatic carbocycles. The van der Waals surface area contributed by atoms with Gasteiger partial charge in [-0.25, -0.2) is 0 Å². The summed E-state index contributed by atoms with van der Waals surface area (Å²) in [6, 6.07) is 0.271. The molecular weight excluding hydrogens is 431 g/mol. The number of nitrogens with zero attached hydrogens (tertiary/aromatic N) is 4. The second-order valence-electron chi connectivity index (χ2n) is 6.70. The molecule has 142 valence electrons. The maximum atomic E-state index is 12.0. The minimum atomic E-state index is 0. The van der Waals surface area contributed by atoms with Gasteiger partial charge in [-0.1, -0.05) is 13.8 Å². The van der Waals surface area contributed by atoms with Crippen molar-refractivity contribution in [3.05, 3.63) is 18.0 Å². The van der Waals surface area contributed by atoms with Crippen LogP contribution in [0.3, 0.4) is 0 Å². The van der Waals surface area contributed by atoms with E-state index >= 15 is 0 Å². The average Bonchev–Trinajstić information content (AvgIpc) is 3.18. The smallest absolute Gasteiger partial charge is 0.225 e. The minimum Gasteiger partial charge on any atom is -0.356 e. The Bertz CT molecular complexity index is 571. The van der Waals surface area contributed by atoms with Gasteiger partial charge in [0.15, 0.2) is 5.96 Å². The lowest BCUT2D eigenvalue weighted by molar-refractivity contribution is -0.133. The maximum Gasteiger partial charge on any atom is 0.225 e. The molecule has 0 radical (unpaired) electrons. The molecule has 1 saturated heterocycles. The van der Waals surface area contributed by atoms with Crippen LogP contribution in [0, 0.1) is 12.8 Å². The largest absolute Gasteiger partial charge is 0.356 e. The summed E-state index contributed by atoms with van der Waals surface area (Å²) in [6.45, 7) is 9.24. The summed E-state index contributed by atoms with van der Waals surface area (Å²) >= 11 is 0. The molecule has 1 atom stereocenters. The van der Waals surface area contributed by atoms with Gasteiger partial charge < -0.3 is 15.5 Å². The Morgan fingerprint density at radius 3 is 2.84 bits per heavy atom. The minimum absolute atomic E-state index is 0.